The van der Waals surface area contributed by atoms with Gasteiger partial charge in [-0.2, -0.15) is 0 Å². The predicted octanol–water partition coefficient (Wildman–Crippen LogP) is 41.3. The van der Waals surface area contributed by atoms with Gasteiger partial charge in [-0.1, -0.05) is 306 Å². The molecule has 0 aliphatic carbocycles. The molecule has 0 saturated heterocycles. The molecule has 708 valence electrons. The number of aryl methyl sites for hydroxylation is 2. The van der Waals surface area contributed by atoms with Crippen LogP contribution >= 0.6 is 22.7 Å². The van der Waals surface area contributed by atoms with E-state index in [2.05, 4.69) is 495 Å². The van der Waals surface area contributed by atoms with Gasteiger partial charge < -0.3 is 47.7 Å². The quantitative estimate of drug-likeness (QED) is 0.110. The first-order valence-corrected chi connectivity index (χ1v) is 53.4. The van der Waals surface area contributed by atoms with Crippen molar-refractivity contribution >= 4 is 272 Å². The number of ether oxygens (including phenoxy) is 4. The Bertz CT molecular complexity index is 10400. The fourth-order valence-electron chi connectivity index (χ4n) is 25.7. The lowest BCUT2D eigenvalue weighted by molar-refractivity contribution is 0.477. The molecule has 0 unspecified atom stereocenters. The van der Waals surface area contributed by atoms with Crippen LogP contribution in [0.5, 0.6) is 46.0 Å². The Morgan fingerprint density at radius 3 is 0.887 bits per heavy atom. The molecule has 0 amide bonds. The number of nitrogens with zero attached hydrogens (tertiary/aromatic N) is 6. The van der Waals surface area contributed by atoms with Crippen molar-refractivity contribution in [2.45, 2.75) is 53.4 Å². The second kappa shape index (κ2) is 32.0. The van der Waals surface area contributed by atoms with Gasteiger partial charge in [-0.15, -0.1) is 22.7 Å². The van der Waals surface area contributed by atoms with E-state index in [0.717, 1.165) is 180 Å². The van der Waals surface area contributed by atoms with E-state index in [1.165, 1.54) is 149 Å². The van der Waals surface area contributed by atoms with Crippen molar-refractivity contribution in [2.24, 2.45) is 0 Å². The smallest absolute Gasteiger partial charge is 0.152 e. The molecule has 4 aliphatic rings. The van der Waals surface area contributed by atoms with Crippen LogP contribution in [0.4, 0.5) is 68.2 Å². The van der Waals surface area contributed by atoms with Gasteiger partial charge in [-0.05, 0) is 248 Å². The highest BCUT2D eigenvalue weighted by molar-refractivity contribution is 7.27. The minimum atomic E-state index is 0.215. The maximum atomic E-state index is 7.07. The molecule has 12 heteroatoms. The number of rotatable bonds is 8. The van der Waals surface area contributed by atoms with Crippen molar-refractivity contribution in [3.8, 4) is 57.4 Å². The molecule has 0 saturated carbocycles. The first-order valence-electron chi connectivity index (χ1n) is 51.8. The zero-order valence-corrected chi connectivity index (χ0v) is 84.3. The summed E-state index contributed by atoms with van der Waals surface area (Å²) in [4.78, 5) is 9.95. The largest absolute Gasteiger partial charge is 0.453 e. The fraction of sp³-hybridized carbons (Fsp3) is 0.0580. The van der Waals surface area contributed by atoms with E-state index in [1.807, 2.05) is 22.7 Å². The van der Waals surface area contributed by atoms with Gasteiger partial charge >= 0.3 is 0 Å². The molecule has 29 aromatic rings. The average Bonchev–Trinajstić information content (AvgIpc) is 0.727. The molecule has 10 nitrogen and oxygen atoms in total. The summed E-state index contributed by atoms with van der Waals surface area (Å²) >= 11 is 3.76. The third kappa shape index (κ3) is 12.2. The number of hydrogen-bond donors (Lipinski definition) is 0. The van der Waals surface area contributed by atoms with Crippen molar-refractivity contribution < 1.29 is 18.9 Å². The number of fused-ring (bicyclic) bond motifs is 32. The number of thiophene rings is 2. The van der Waals surface area contributed by atoms with Crippen LogP contribution in [0.2, 0.25) is 0 Å². The van der Waals surface area contributed by atoms with Crippen LogP contribution in [0.1, 0.15) is 61.8 Å². The van der Waals surface area contributed by atoms with E-state index in [1.54, 1.807) is 0 Å². The normalized spacial score (nSPS) is 13.1. The maximum absolute atomic E-state index is 7.07. The van der Waals surface area contributed by atoms with E-state index >= 15 is 0 Å². The highest BCUT2D eigenvalue weighted by atomic mass is 32.1. The van der Waals surface area contributed by atoms with E-state index in [0.29, 0.717) is 0 Å². The first-order chi connectivity index (χ1) is 73.9. The average molecular weight is 1960 g/mol. The van der Waals surface area contributed by atoms with Gasteiger partial charge in [-0.25, -0.2) is 0 Å². The van der Waals surface area contributed by atoms with Crippen molar-refractivity contribution in [1.29, 1.82) is 0 Å². The van der Waals surface area contributed by atoms with Crippen LogP contribution in [-0.4, -0.2) is 9.13 Å². The monoisotopic (exact) mass is 1960 g/mol. The Hall–Kier alpha value is -18.5. The number of para-hydroxylation sites is 12. The zero-order chi connectivity index (χ0) is 99.0. The van der Waals surface area contributed by atoms with Gasteiger partial charge in [0.1, 0.15) is 0 Å². The second-order valence-corrected chi connectivity index (χ2v) is 43.4. The number of hydrogen-bond acceptors (Lipinski definition) is 10. The summed E-state index contributed by atoms with van der Waals surface area (Å²) in [5, 5.41) is 31.9. The Kier molecular flexibility index (Phi) is 18.1. The molecule has 0 atom stereocenters. The SMILES string of the molecule is CC(C)c1cc2ccc(N3c4ccccc4Oc4cc5c6ccccc6n(-c6ccccc6)c5cc43)c3c(C(C)C)cc4ccc(N5c6ccccc6Oc6cc7c8ccccc8n(-c8ccccc8)c7cc65)c1c4c23.Cc1ccc2c(N3c4ccccc4Oc4cc5c(cc43)sc3c4ccccc4c4ccccc4c53)c3cc(C)ccc3c(N3c4ccccc4Oc4cc5c(cc43)sc3c4ccccc4c4ccccc4c53)c2c1. The van der Waals surface area contributed by atoms with E-state index in [9.17, 15) is 0 Å². The Morgan fingerprint density at radius 1 is 0.193 bits per heavy atom. The van der Waals surface area contributed by atoms with Crippen LogP contribution in [0, 0.1) is 13.8 Å². The van der Waals surface area contributed by atoms with Crippen LogP contribution in [-0.2, 0) is 0 Å². The first kappa shape index (κ1) is 84.8. The topological polar surface area (TPSA) is 59.7 Å². The summed E-state index contributed by atoms with van der Waals surface area (Å²) in [5.74, 6) is 7.05. The molecule has 33 rings (SSSR count). The van der Waals surface area contributed by atoms with Gasteiger partial charge in [0.05, 0.1) is 90.3 Å². The van der Waals surface area contributed by atoms with Gasteiger partial charge in [-0.3, -0.25) is 0 Å². The summed E-state index contributed by atoms with van der Waals surface area (Å²) in [7, 11) is 0. The van der Waals surface area contributed by atoms with Crippen LogP contribution < -0.4 is 38.5 Å². The minimum Gasteiger partial charge on any atom is -0.453 e. The number of anilines is 12. The molecule has 0 spiro atoms. The molecule has 8 heterocycles. The molecule has 0 N–H and O–H groups in total. The highest BCUT2D eigenvalue weighted by Crippen LogP contribution is 2.65. The lowest BCUT2D eigenvalue weighted by atomic mass is 9.82. The third-order valence-corrected chi connectivity index (χ3v) is 34.5. The molecule has 4 aromatic heterocycles. The summed E-state index contributed by atoms with van der Waals surface area (Å²) < 4.78 is 38.0. The van der Waals surface area contributed by atoms with Crippen LogP contribution in [0.15, 0.2) is 425 Å². The molecule has 0 radical (unpaired) electrons. The molecular weight excluding hydrogens is 1870 g/mol. The fourth-order valence-corrected chi connectivity index (χ4v) is 28.2. The third-order valence-electron chi connectivity index (χ3n) is 32.1. The van der Waals surface area contributed by atoms with Crippen molar-refractivity contribution in [1.82, 2.24) is 9.13 Å². The Labute approximate surface area is 870 Å². The number of aromatic nitrogens is 2. The van der Waals surface area contributed by atoms with Gasteiger partial charge in [0.15, 0.2) is 46.0 Å². The summed E-state index contributed by atoms with van der Waals surface area (Å²) in [6.07, 6.45) is 0. The van der Waals surface area contributed by atoms with Crippen molar-refractivity contribution in [3.63, 3.8) is 0 Å². The van der Waals surface area contributed by atoms with Crippen molar-refractivity contribution in [3.05, 3.63) is 447 Å². The molecule has 150 heavy (non-hydrogen) atoms. The molecule has 0 bridgehead atoms. The lowest BCUT2D eigenvalue weighted by Crippen LogP contribution is -2.19. The highest BCUT2D eigenvalue weighted by Gasteiger charge is 2.40. The van der Waals surface area contributed by atoms with E-state index in [-0.39, 0.29) is 11.8 Å². The summed E-state index contributed by atoms with van der Waals surface area (Å²) in [6.45, 7) is 13.8. The predicted molar refractivity (Wildman–Crippen MR) is 633 cm³/mol. The molecule has 4 aliphatic heterocycles. The maximum Gasteiger partial charge on any atom is 0.152 e. The molecule has 0 fully saturated rings. The van der Waals surface area contributed by atoms with Crippen molar-refractivity contribution in [2.75, 3.05) is 19.6 Å². The van der Waals surface area contributed by atoms with Gasteiger partial charge in [0, 0.05) is 116 Å². The Balaban J connectivity index is 0.000000132. The van der Waals surface area contributed by atoms with E-state index < -0.39 is 0 Å². The second-order valence-electron chi connectivity index (χ2n) is 41.2. The van der Waals surface area contributed by atoms with E-state index in [4.69, 9.17) is 18.9 Å². The molecular formula is C138H90N6O4S2. The zero-order valence-electron chi connectivity index (χ0n) is 82.7. The lowest BCUT2D eigenvalue weighted by Gasteiger charge is -2.37. The van der Waals surface area contributed by atoms with Gasteiger partial charge in [0.2, 0.25) is 0 Å². The summed E-state index contributed by atoms with van der Waals surface area (Å²) in [6, 6.07) is 156. The number of benzene rings is 25. The molecule has 25 aromatic carbocycles. The van der Waals surface area contributed by atoms with Gasteiger partial charge in [0.25, 0.3) is 0 Å². The standard InChI is InChI=1S/C70H50N4O2.C68H40N2O2S2/c1-41(2)49-35-43-31-34-58(74-56-28-16-18-30-64(56)76-66-38-52-48-24-12-14-26-54(48)72(60(52)40-62(66)74)46-21-9-6-10-22-46)70-50(42(3)4)36-44-32-33-57(69(49)67(44)68(43)70)73-55-27-15-17-29-63(55)75-65-37-51-47-23-11-13-25-53(47)71(59(51)39-61(65)73)45-19-7-5-8-20-45;1-37-27-29-45-49(31-37)65(69-53-23-11-13-25-57(53)71-59-33-51-61(35-55(59)69)73-67-47-21-9-5-17-41(47)39-15-3-7-19-43(39)63(51)67)46-30-28-38(2)32-50(46)66(45)70-54-24-12-14-26-58(54)72-60-34-52-62(36-56(60)70)74-68-48-22-10-6-18-42(48)40-16-4-8-20-44(40)64(52)68/h5-42H,1-4H3;3-36H,1-2H3. The van der Waals surface area contributed by atoms with Crippen LogP contribution in [0.25, 0.3) is 192 Å². The minimum absolute atomic E-state index is 0.215. The Morgan fingerprint density at radius 2 is 0.507 bits per heavy atom. The van der Waals surface area contributed by atoms with Crippen LogP contribution in [0.3, 0.4) is 0 Å². The summed E-state index contributed by atoms with van der Waals surface area (Å²) in [5.41, 5.74) is 24.3.